The zero-order chi connectivity index (χ0) is 13.7. The van der Waals surface area contributed by atoms with Crippen molar-refractivity contribution < 1.29 is 13.9 Å². The van der Waals surface area contributed by atoms with Crippen molar-refractivity contribution in [3.63, 3.8) is 0 Å². The van der Waals surface area contributed by atoms with Crippen LogP contribution in [0.25, 0.3) is 0 Å². The van der Waals surface area contributed by atoms with Crippen LogP contribution in [0.1, 0.15) is 19.8 Å². The molecule has 0 spiro atoms. The maximum Gasteiger partial charge on any atom is 0.228 e. The number of amides is 1. The summed E-state index contributed by atoms with van der Waals surface area (Å²) in [5.41, 5.74) is 0.469. The SMILES string of the molecule is CCOc1ccc(NC(=O)[C@@H]2CCCNC2)cc1F. The second-order valence-electron chi connectivity index (χ2n) is 4.61. The van der Waals surface area contributed by atoms with E-state index in [-0.39, 0.29) is 17.6 Å². The van der Waals surface area contributed by atoms with Gasteiger partial charge in [-0.3, -0.25) is 4.79 Å². The first-order chi connectivity index (χ1) is 9.20. The molecule has 1 atom stereocenters. The molecule has 0 bridgehead atoms. The summed E-state index contributed by atoms with van der Waals surface area (Å²) in [6, 6.07) is 4.48. The minimum absolute atomic E-state index is 0.0385. The van der Waals surface area contributed by atoms with E-state index in [9.17, 15) is 9.18 Å². The summed E-state index contributed by atoms with van der Waals surface area (Å²) in [6.45, 7) is 3.86. The highest BCUT2D eigenvalue weighted by Crippen LogP contribution is 2.22. The van der Waals surface area contributed by atoms with Crippen molar-refractivity contribution in [3.05, 3.63) is 24.0 Å². The Morgan fingerprint density at radius 3 is 3.05 bits per heavy atom. The first-order valence-electron chi connectivity index (χ1n) is 6.64. The van der Waals surface area contributed by atoms with Gasteiger partial charge in [0.15, 0.2) is 11.6 Å². The molecule has 5 heteroatoms. The fraction of sp³-hybridized carbons (Fsp3) is 0.500. The highest BCUT2D eigenvalue weighted by molar-refractivity contribution is 5.92. The van der Waals surface area contributed by atoms with Crippen LogP contribution in [0.4, 0.5) is 10.1 Å². The molecule has 0 unspecified atom stereocenters. The van der Waals surface area contributed by atoms with E-state index in [1.807, 2.05) is 0 Å². The van der Waals surface area contributed by atoms with Gasteiger partial charge < -0.3 is 15.4 Å². The van der Waals surface area contributed by atoms with Crippen molar-refractivity contribution >= 4 is 11.6 Å². The number of halogens is 1. The van der Waals surface area contributed by atoms with Crippen LogP contribution in [-0.2, 0) is 4.79 Å². The van der Waals surface area contributed by atoms with Gasteiger partial charge in [0.1, 0.15) is 0 Å². The molecule has 1 aromatic carbocycles. The number of carbonyl (C=O) groups excluding carboxylic acids is 1. The predicted molar refractivity (Wildman–Crippen MR) is 71.8 cm³/mol. The van der Waals surface area contributed by atoms with Crippen molar-refractivity contribution in [2.75, 3.05) is 25.0 Å². The minimum Gasteiger partial charge on any atom is -0.491 e. The lowest BCUT2D eigenvalue weighted by Crippen LogP contribution is -2.37. The van der Waals surface area contributed by atoms with Crippen molar-refractivity contribution in [3.8, 4) is 5.75 Å². The molecule has 0 aliphatic carbocycles. The minimum atomic E-state index is -0.457. The summed E-state index contributed by atoms with van der Waals surface area (Å²) < 4.78 is 18.8. The van der Waals surface area contributed by atoms with Gasteiger partial charge in [-0.15, -0.1) is 0 Å². The number of nitrogens with one attached hydrogen (secondary N) is 2. The molecule has 2 rings (SSSR count). The van der Waals surface area contributed by atoms with Crippen LogP contribution in [0.2, 0.25) is 0 Å². The Balaban J connectivity index is 1.98. The Morgan fingerprint density at radius 2 is 2.42 bits per heavy atom. The number of hydrogen-bond donors (Lipinski definition) is 2. The van der Waals surface area contributed by atoms with Crippen LogP contribution in [0.5, 0.6) is 5.75 Å². The molecule has 1 heterocycles. The van der Waals surface area contributed by atoms with Crippen LogP contribution >= 0.6 is 0 Å². The lowest BCUT2D eigenvalue weighted by Gasteiger charge is -2.22. The fourth-order valence-electron chi connectivity index (χ4n) is 2.17. The third-order valence-electron chi connectivity index (χ3n) is 3.17. The van der Waals surface area contributed by atoms with E-state index in [0.29, 0.717) is 18.8 Å². The van der Waals surface area contributed by atoms with Crippen molar-refractivity contribution in [2.45, 2.75) is 19.8 Å². The van der Waals surface area contributed by atoms with Gasteiger partial charge in [-0.25, -0.2) is 4.39 Å². The Labute approximate surface area is 112 Å². The van der Waals surface area contributed by atoms with Crippen LogP contribution in [0.15, 0.2) is 18.2 Å². The lowest BCUT2D eigenvalue weighted by atomic mass is 9.99. The highest BCUT2D eigenvalue weighted by atomic mass is 19.1. The van der Waals surface area contributed by atoms with E-state index in [4.69, 9.17) is 4.74 Å². The molecule has 1 aliphatic heterocycles. The fourth-order valence-corrected chi connectivity index (χ4v) is 2.17. The predicted octanol–water partition coefficient (Wildman–Crippen LogP) is 2.16. The normalized spacial score (nSPS) is 18.9. The van der Waals surface area contributed by atoms with E-state index in [1.54, 1.807) is 13.0 Å². The van der Waals surface area contributed by atoms with Gasteiger partial charge in [0.05, 0.1) is 12.5 Å². The van der Waals surface area contributed by atoms with Crippen LogP contribution in [0, 0.1) is 11.7 Å². The number of piperidine rings is 1. The van der Waals surface area contributed by atoms with Crippen molar-refractivity contribution in [1.29, 1.82) is 0 Å². The van der Waals surface area contributed by atoms with E-state index in [2.05, 4.69) is 10.6 Å². The monoisotopic (exact) mass is 266 g/mol. The van der Waals surface area contributed by atoms with Crippen LogP contribution < -0.4 is 15.4 Å². The van der Waals surface area contributed by atoms with Crippen molar-refractivity contribution in [2.24, 2.45) is 5.92 Å². The van der Waals surface area contributed by atoms with Crippen LogP contribution in [0.3, 0.4) is 0 Å². The number of benzene rings is 1. The van der Waals surface area contributed by atoms with Gasteiger partial charge in [-0.2, -0.15) is 0 Å². The topological polar surface area (TPSA) is 50.4 Å². The summed E-state index contributed by atoms with van der Waals surface area (Å²) >= 11 is 0. The maximum atomic E-state index is 13.6. The molecule has 104 valence electrons. The van der Waals surface area contributed by atoms with Gasteiger partial charge in [0.2, 0.25) is 5.91 Å². The number of hydrogen-bond acceptors (Lipinski definition) is 3. The third kappa shape index (κ3) is 3.67. The Hall–Kier alpha value is -1.62. The number of carbonyl (C=O) groups is 1. The molecule has 0 saturated carbocycles. The zero-order valence-electron chi connectivity index (χ0n) is 11.0. The molecule has 1 aliphatic rings. The lowest BCUT2D eigenvalue weighted by molar-refractivity contribution is -0.120. The summed E-state index contributed by atoms with van der Waals surface area (Å²) in [6.07, 6.45) is 1.87. The van der Waals surface area contributed by atoms with E-state index >= 15 is 0 Å². The molecule has 19 heavy (non-hydrogen) atoms. The van der Waals surface area contributed by atoms with Gasteiger partial charge >= 0.3 is 0 Å². The first-order valence-corrected chi connectivity index (χ1v) is 6.64. The highest BCUT2D eigenvalue weighted by Gasteiger charge is 2.21. The smallest absolute Gasteiger partial charge is 0.228 e. The average molecular weight is 266 g/mol. The summed E-state index contributed by atoms with van der Waals surface area (Å²) in [5.74, 6) is -0.347. The summed E-state index contributed by atoms with van der Waals surface area (Å²) in [7, 11) is 0. The van der Waals surface area contributed by atoms with E-state index in [1.165, 1.54) is 12.1 Å². The molecular formula is C14H19FN2O2. The molecule has 0 radical (unpaired) electrons. The number of rotatable bonds is 4. The molecular weight excluding hydrogens is 247 g/mol. The number of anilines is 1. The Kier molecular flexibility index (Phi) is 4.74. The quantitative estimate of drug-likeness (QED) is 0.878. The van der Waals surface area contributed by atoms with Gasteiger partial charge in [0.25, 0.3) is 0 Å². The standard InChI is InChI=1S/C14H19FN2O2/c1-2-19-13-6-5-11(8-12(13)15)17-14(18)10-4-3-7-16-9-10/h5-6,8,10,16H,2-4,7,9H2,1H3,(H,17,18)/t10-/m1/s1. The summed E-state index contributed by atoms with van der Waals surface area (Å²) in [4.78, 5) is 12.0. The first kappa shape index (κ1) is 13.8. The largest absolute Gasteiger partial charge is 0.491 e. The Bertz CT molecular complexity index is 445. The molecule has 1 saturated heterocycles. The van der Waals surface area contributed by atoms with Gasteiger partial charge in [0, 0.05) is 18.3 Å². The molecule has 4 nitrogen and oxygen atoms in total. The Morgan fingerprint density at radius 1 is 1.58 bits per heavy atom. The molecule has 1 fully saturated rings. The summed E-state index contributed by atoms with van der Waals surface area (Å²) in [5, 5.41) is 5.93. The van der Waals surface area contributed by atoms with Gasteiger partial charge in [-0.05, 0) is 38.4 Å². The second-order valence-corrected chi connectivity index (χ2v) is 4.61. The van der Waals surface area contributed by atoms with Crippen LogP contribution in [-0.4, -0.2) is 25.6 Å². The third-order valence-corrected chi connectivity index (χ3v) is 3.17. The molecule has 0 aromatic heterocycles. The average Bonchev–Trinajstić information content (AvgIpc) is 2.43. The van der Waals surface area contributed by atoms with E-state index in [0.717, 1.165) is 19.4 Å². The maximum absolute atomic E-state index is 13.6. The van der Waals surface area contributed by atoms with Gasteiger partial charge in [-0.1, -0.05) is 0 Å². The second kappa shape index (κ2) is 6.52. The molecule has 1 amide bonds. The molecule has 1 aromatic rings. The number of ether oxygens (including phenoxy) is 1. The zero-order valence-corrected chi connectivity index (χ0v) is 11.0. The van der Waals surface area contributed by atoms with E-state index < -0.39 is 5.82 Å². The van der Waals surface area contributed by atoms with Crippen molar-refractivity contribution in [1.82, 2.24) is 5.32 Å². The molecule has 2 N–H and O–H groups in total.